The van der Waals surface area contributed by atoms with Gasteiger partial charge in [0.15, 0.2) is 28.8 Å². The van der Waals surface area contributed by atoms with Crippen LogP contribution in [0, 0.1) is 0 Å². The normalized spacial score (nSPS) is 9.48. The van der Waals surface area contributed by atoms with Gasteiger partial charge in [-0.15, -0.1) is 0 Å². The third-order valence-electron chi connectivity index (χ3n) is 2.81. The second-order valence-electron chi connectivity index (χ2n) is 4.46. The fourth-order valence-corrected chi connectivity index (χ4v) is 1.62. The Bertz CT molecular complexity index is 723. The van der Waals surface area contributed by atoms with E-state index in [1.165, 1.54) is 44.4 Å². The molecule has 0 aliphatic carbocycles. The minimum atomic E-state index is -0.310. The van der Waals surface area contributed by atoms with Crippen molar-refractivity contribution in [2.75, 3.05) is 7.11 Å². The molecule has 122 valence electrons. The van der Waals surface area contributed by atoms with Gasteiger partial charge in [-0.1, -0.05) is 0 Å². The largest absolute Gasteiger partial charge is 0.507 e. The van der Waals surface area contributed by atoms with Crippen molar-refractivity contribution in [3.05, 3.63) is 41.5 Å². The minimum absolute atomic E-state index is 0.0818. The Hall–Kier alpha value is -3.22. The second kappa shape index (κ2) is 7.69. The number of phenols is 4. The first-order valence-electron chi connectivity index (χ1n) is 6.38. The molecule has 0 aliphatic rings. The Labute approximate surface area is 132 Å². The van der Waals surface area contributed by atoms with Gasteiger partial charge in [0.1, 0.15) is 12.0 Å². The van der Waals surface area contributed by atoms with Crippen LogP contribution in [0.4, 0.5) is 0 Å². The molecule has 0 saturated heterocycles. The van der Waals surface area contributed by atoms with Crippen molar-refractivity contribution in [3.63, 3.8) is 0 Å². The Balaban J connectivity index is 0.000000238. The zero-order valence-electron chi connectivity index (χ0n) is 12.5. The number of hydrogen-bond donors (Lipinski definition) is 4. The third kappa shape index (κ3) is 4.63. The molecule has 0 amide bonds. The number of hydrogen-bond acceptors (Lipinski definition) is 7. The van der Waals surface area contributed by atoms with E-state index in [-0.39, 0.29) is 40.1 Å². The summed E-state index contributed by atoms with van der Waals surface area (Å²) < 4.78 is 4.74. The summed E-state index contributed by atoms with van der Waals surface area (Å²) in [6.45, 7) is 1.31. The van der Waals surface area contributed by atoms with Crippen LogP contribution in [0.1, 0.15) is 27.6 Å². The van der Waals surface area contributed by atoms with Gasteiger partial charge in [0, 0.05) is 11.6 Å². The molecular weight excluding hydrogens is 304 g/mol. The standard InChI is InChI=1S/C9H10O4.C7H6O3/c1-5(10)6-3-8(12)9(13-2)4-7(6)11;8-4-5-1-2-6(9)7(10)3-5/h3-4,11-12H,1-2H3;1-4,9-10H. The molecule has 0 aromatic heterocycles. The lowest BCUT2D eigenvalue weighted by molar-refractivity contribution is 0.101. The SMILES string of the molecule is COc1cc(O)c(C(C)=O)cc1O.O=Cc1ccc(O)c(O)c1. The number of Topliss-reactive ketones (excluding diaryl/α,β-unsaturated/α-hetero) is 1. The first kappa shape index (κ1) is 17.8. The van der Waals surface area contributed by atoms with E-state index < -0.39 is 0 Å². The van der Waals surface area contributed by atoms with Crippen LogP contribution in [0.3, 0.4) is 0 Å². The molecule has 0 atom stereocenters. The van der Waals surface area contributed by atoms with Crippen molar-refractivity contribution >= 4 is 12.1 Å². The highest BCUT2D eigenvalue weighted by atomic mass is 16.5. The van der Waals surface area contributed by atoms with Crippen LogP contribution in [-0.4, -0.2) is 39.6 Å². The maximum Gasteiger partial charge on any atom is 0.164 e. The van der Waals surface area contributed by atoms with Gasteiger partial charge in [-0.2, -0.15) is 0 Å². The summed E-state index contributed by atoms with van der Waals surface area (Å²) in [6, 6.07) is 6.26. The molecule has 0 spiro atoms. The quantitative estimate of drug-likeness (QED) is 0.296. The molecule has 4 N–H and O–H groups in total. The molecule has 0 aliphatic heterocycles. The summed E-state index contributed by atoms with van der Waals surface area (Å²) in [5.41, 5.74) is 0.425. The van der Waals surface area contributed by atoms with E-state index in [1.807, 2.05) is 0 Å². The highest BCUT2D eigenvalue weighted by Crippen LogP contribution is 2.33. The number of ether oxygens (including phenoxy) is 1. The van der Waals surface area contributed by atoms with Gasteiger partial charge < -0.3 is 25.2 Å². The van der Waals surface area contributed by atoms with Crippen LogP contribution >= 0.6 is 0 Å². The van der Waals surface area contributed by atoms with Crippen molar-refractivity contribution in [2.24, 2.45) is 0 Å². The number of methoxy groups -OCH3 is 1. The van der Waals surface area contributed by atoms with E-state index in [1.54, 1.807) is 0 Å². The molecular formula is C16H16O7. The number of rotatable bonds is 3. The van der Waals surface area contributed by atoms with Crippen molar-refractivity contribution < 1.29 is 34.8 Å². The molecule has 0 bridgehead atoms. The fourth-order valence-electron chi connectivity index (χ4n) is 1.62. The average molecular weight is 320 g/mol. The van der Waals surface area contributed by atoms with Crippen LogP contribution < -0.4 is 4.74 Å². The summed E-state index contributed by atoms with van der Waals surface area (Å²) in [4.78, 5) is 21.0. The maximum atomic E-state index is 10.9. The molecule has 23 heavy (non-hydrogen) atoms. The number of aromatic hydroxyl groups is 4. The molecule has 2 aromatic carbocycles. The lowest BCUT2D eigenvalue weighted by Crippen LogP contribution is -1.93. The molecule has 0 unspecified atom stereocenters. The Morgan fingerprint density at radius 2 is 1.61 bits per heavy atom. The number of aldehydes is 1. The Morgan fingerprint density at radius 1 is 0.957 bits per heavy atom. The zero-order chi connectivity index (χ0) is 17.6. The predicted molar refractivity (Wildman–Crippen MR) is 81.5 cm³/mol. The number of carbonyl (C=O) groups is 2. The first-order valence-corrected chi connectivity index (χ1v) is 6.38. The van der Waals surface area contributed by atoms with Crippen molar-refractivity contribution in [1.29, 1.82) is 0 Å². The maximum absolute atomic E-state index is 10.9. The first-order chi connectivity index (χ1) is 10.8. The van der Waals surface area contributed by atoms with Gasteiger partial charge in [0.05, 0.1) is 12.7 Å². The van der Waals surface area contributed by atoms with Gasteiger partial charge in [0.2, 0.25) is 0 Å². The third-order valence-corrected chi connectivity index (χ3v) is 2.81. The van der Waals surface area contributed by atoms with E-state index in [9.17, 15) is 19.8 Å². The number of ketones is 1. The summed E-state index contributed by atoms with van der Waals surface area (Å²) >= 11 is 0. The lowest BCUT2D eigenvalue weighted by atomic mass is 10.1. The van der Waals surface area contributed by atoms with E-state index >= 15 is 0 Å². The lowest BCUT2D eigenvalue weighted by Gasteiger charge is -2.06. The average Bonchev–Trinajstić information content (AvgIpc) is 2.52. The van der Waals surface area contributed by atoms with Gasteiger partial charge in [-0.25, -0.2) is 0 Å². The zero-order valence-corrected chi connectivity index (χ0v) is 12.5. The molecule has 0 radical (unpaired) electrons. The highest BCUT2D eigenvalue weighted by Gasteiger charge is 2.11. The predicted octanol–water partition coefficient (Wildman–Crippen LogP) is 2.22. The molecule has 7 heteroatoms. The molecule has 7 nitrogen and oxygen atoms in total. The molecule has 0 heterocycles. The molecule has 0 fully saturated rings. The van der Waals surface area contributed by atoms with Crippen molar-refractivity contribution in [1.82, 2.24) is 0 Å². The Kier molecular flexibility index (Phi) is 5.96. The van der Waals surface area contributed by atoms with Gasteiger partial charge in [0.25, 0.3) is 0 Å². The monoisotopic (exact) mass is 320 g/mol. The van der Waals surface area contributed by atoms with Crippen LogP contribution in [0.25, 0.3) is 0 Å². The van der Waals surface area contributed by atoms with E-state index in [2.05, 4.69) is 0 Å². The minimum Gasteiger partial charge on any atom is -0.507 e. The van der Waals surface area contributed by atoms with Crippen LogP contribution in [0.5, 0.6) is 28.7 Å². The number of carbonyl (C=O) groups excluding carboxylic acids is 2. The topological polar surface area (TPSA) is 124 Å². The van der Waals surface area contributed by atoms with E-state index in [4.69, 9.17) is 14.9 Å². The molecule has 2 rings (SSSR count). The van der Waals surface area contributed by atoms with Crippen LogP contribution in [0.15, 0.2) is 30.3 Å². The summed E-state index contributed by atoms with van der Waals surface area (Å²) in [6.07, 6.45) is 0.596. The van der Waals surface area contributed by atoms with Gasteiger partial charge >= 0.3 is 0 Å². The van der Waals surface area contributed by atoms with Crippen LogP contribution in [-0.2, 0) is 0 Å². The van der Waals surface area contributed by atoms with E-state index in [0.29, 0.717) is 11.8 Å². The van der Waals surface area contributed by atoms with Gasteiger partial charge in [-0.05, 0) is 31.2 Å². The fraction of sp³-hybridized carbons (Fsp3) is 0.125. The van der Waals surface area contributed by atoms with Gasteiger partial charge in [-0.3, -0.25) is 9.59 Å². The second-order valence-corrected chi connectivity index (χ2v) is 4.46. The summed E-state index contributed by atoms with van der Waals surface area (Å²) in [5, 5.41) is 36.2. The molecule has 0 saturated carbocycles. The highest BCUT2D eigenvalue weighted by molar-refractivity contribution is 5.97. The number of phenolic OH excluding ortho intramolecular Hbond substituents is 4. The molecule has 2 aromatic rings. The van der Waals surface area contributed by atoms with E-state index in [0.717, 1.165) is 0 Å². The summed E-state index contributed by atoms with van der Waals surface area (Å²) in [5.74, 6) is -1.01. The van der Waals surface area contributed by atoms with Crippen LogP contribution in [0.2, 0.25) is 0 Å². The Morgan fingerprint density at radius 3 is 2.09 bits per heavy atom. The van der Waals surface area contributed by atoms with Crippen molar-refractivity contribution in [2.45, 2.75) is 6.92 Å². The summed E-state index contributed by atoms with van der Waals surface area (Å²) in [7, 11) is 1.36. The number of benzene rings is 2. The smallest absolute Gasteiger partial charge is 0.164 e. The van der Waals surface area contributed by atoms with Crippen molar-refractivity contribution in [3.8, 4) is 28.7 Å².